The molecular formula is C16H15NO5. The Labute approximate surface area is 127 Å². The smallest absolute Gasteiger partial charge is 0.309 e. The molecule has 0 radical (unpaired) electrons. The van der Waals surface area contributed by atoms with E-state index in [1.807, 2.05) is 0 Å². The van der Waals surface area contributed by atoms with Gasteiger partial charge in [-0.1, -0.05) is 12.1 Å². The molecule has 6 nitrogen and oxygen atoms in total. The van der Waals surface area contributed by atoms with E-state index in [-0.39, 0.29) is 5.78 Å². The monoisotopic (exact) mass is 301 g/mol. The molecule has 3 atom stereocenters. The minimum atomic E-state index is -0.882. The average molecular weight is 301 g/mol. The second-order valence-corrected chi connectivity index (χ2v) is 5.58. The second kappa shape index (κ2) is 5.05. The van der Waals surface area contributed by atoms with E-state index in [0.29, 0.717) is 17.5 Å². The summed E-state index contributed by atoms with van der Waals surface area (Å²) < 4.78 is 4.61. The number of imide groups is 1. The Kier molecular flexibility index (Phi) is 3.31. The van der Waals surface area contributed by atoms with Crippen LogP contribution in [-0.4, -0.2) is 41.6 Å². The lowest BCUT2D eigenvalue weighted by Gasteiger charge is -2.21. The van der Waals surface area contributed by atoms with E-state index in [9.17, 15) is 19.2 Å². The zero-order chi connectivity index (χ0) is 16.0. The molecule has 114 valence electrons. The van der Waals surface area contributed by atoms with Gasteiger partial charge in [-0.25, -0.2) is 0 Å². The molecular weight excluding hydrogens is 286 g/mol. The lowest BCUT2D eigenvalue weighted by atomic mass is 10.1. The van der Waals surface area contributed by atoms with Crippen LogP contribution in [0.15, 0.2) is 24.3 Å². The third-order valence-corrected chi connectivity index (χ3v) is 4.28. The largest absolute Gasteiger partial charge is 0.469 e. The van der Waals surface area contributed by atoms with Gasteiger partial charge in [0.25, 0.3) is 11.8 Å². The number of rotatable bonds is 4. The zero-order valence-corrected chi connectivity index (χ0v) is 12.2. The summed E-state index contributed by atoms with van der Waals surface area (Å²) >= 11 is 0. The SMILES string of the molecule is COC(=O)[C@H]1C[C@H]1C(=O)C(C)N1C(=O)c2ccccc2C1=O. The number of ether oxygens (including phenoxy) is 1. The van der Waals surface area contributed by atoms with E-state index in [1.165, 1.54) is 14.0 Å². The average Bonchev–Trinajstić information content (AvgIpc) is 3.29. The minimum absolute atomic E-state index is 0.273. The van der Waals surface area contributed by atoms with Gasteiger partial charge >= 0.3 is 5.97 Å². The number of hydrogen-bond acceptors (Lipinski definition) is 5. The Balaban J connectivity index is 1.79. The molecule has 0 spiro atoms. The van der Waals surface area contributed by atoms with Gasteiger partial charge in [0.1, 0.15) is 0 Å². The highest BCUT2D eigenvalue weighted by Gasteiger charge is 2.52. The van der Waals surface area contributed by atoms with Crippen molar-refractivity contribution in [3.05, 3.63) is 35.4 Å². The number of Topliss-reactive ketones (excluding diaryl/α,β-unsaturated/α-hetero) is 1. The number of carbonyl (C=O) groups excluding carboxylic acids is 4. The van der Waals surface area contributed by atoms with E-state index in [2.05, 4.69) is 4.74 Å². The third-order valence-electron chi connectivity index (χ3n) is 4.28. The summed E-state index contributed by atoms with van der Waals surface area (Å²) in [6.07, 6.45) is 0.416. The fourth-order valence-corrected chi connectivity index (χ4v) is 2.92. The highest BCUT2D eigenvalue weighted by Crippen LogP contribution is 2.42. The zero-order valence-electron chi connectivity index (χ0n) is 12.2. The number of benzene rings is 1. The van der Waals surface area contributed by atoms with Gasteiger partial charge in [-0.05, 0) is 25.5 Å². The van der Waals surface area contributed by atoms with Crippen LogP contribution < -0.4 is 0 Å². The van der Waals surface area contributed by atoms with Crippen molar-refractivity contribution in [1.82, 2.24) is 4.90 Å². The molecule has 2 aliphatic rings. The summed E-state index contributed by atoms with van der Waals surface area (Å²) in [6.45, 7) is 1.52. The van der Waals surface area contributed by atoms with Crippen molar-refractivity contribution in [2.75, 3.05) is 7.11 Å². The van der Waals surface area contributed by atoms with Gasteiger partial charge in [0.15, 0.2) is 5.78 Å². The molecule has 0 aromatic heterocycles. The standard InChI is InChI=1S/C16H15NO5/c1-8(13(18)11-7-12(11)16(21)22-2)17-14(19)9-5-3-4-6-10(9)15(17)20/h3-6,8,11-12H,7H2,1-2H3/t8?,11-,12+/m1/s1. The van der Waals surface area contributed by atoms with Crippen molar-refractivity contribution >= 4 is 23.6 Å². The molecule has 2 amide bonds. The first-order chi connectivity index (χ1) is 10.5. The van der Waals surface area contributed by atoms with Crippen molar-refractivity contribution < 1.29 is 23.9 Å². The summed E-state index contributed by atoms with van der Waals surface area (Å²) in [5, 5.41) is 0. The van der Waals surface area contributed by atoms with Crippen LogP contribution in [0.4, 0.5) is 0 Å². The molecule has 1 aromatic carbocycles. The van der Waals surface area contributed by atoms with Gasteiger partial charge in [-0.3, -0.25) is 24.1 Å². The first kappa shape index (κ1) is 14.4. The number of amides is 2. The number of methoxy groups -OCH3 is 1. The van der Waals surface area contributed by atoms with Gasteiger partial charge in [0.2, 0.25) is 0 Å². The van der Waals surface area contributed by atoms with Gasteiger partial charge < -0.3 is 4.74 Å². The Hall–Kier alpha value is -2.50. The van der Waals surface area contributed by atoms with E-state index in [1.54, 1.807) is 24.3 Å². The molecule has 1 aliphatic heterocycles. The van der Waals surface area contributed by atoms with Crippen LogP contribution >= 0.6 is 0 Å². The summed E-state index contributed by atoms with van der Waals surface area (Å²) in [6, 6.07) is 5.61. The molecule has 1 fully saturated rings. The van der Waals surface area contributed by atoms with Crippen LogP contribution in [0.1, 0.15) is 34.1 Å². The Bertz CT molecular complexity index is 661. The van der Waals surface area contributed by atoms with Crippen LogP contribution in [0, 0.1) is 11.8 Å². The topological polar surface area (TPSA) is 80.8 Å². The number of esters is 1. The maximum absolute atomic E-state index is 12.4. The molecule has 0 N–H and O–H groups in total. The first-order valence-corrected chi connectivity index (χ1v) is 7.05. The fourth-order valence-electron chi connectivity index (χ4n) is 2.92. The molecule has 1 aliphatic carbocycles. The van der Waals surface area contributed by atoms with Gasteiger partial charge in [-0.2, -0.15) is 0 Å². The molecule has 0 saturated heterocycles. The molecule has 22 heavy (non-hydrogen) atoms. The Morgan fingerprint density at radius 3 is 2.18 bits per heavy atom. The van der Waals surface area contributed by atoms with Crippen LogP contribution in [0.25, 0.3) is 0 Å². The normalized spacial score (nSPS) is 24.0. The third kappa shape index (κ3) is 2.03. The molecule has 3 rings (SSSR count). The van der Waals surface area contributed by atoms with Crippen LogP contribution in [0.5, 0.6) is 0 Å². The van der Waals surface area contributed by atoms with Crippen LogP contribution in [-0.2, 0) is 14.3 Å². The van der Waals surface area contributed by atoms with Crippen molar-refractivity contribution in [3.63, 3.8) is 0 Å². The lowest BCUT2D eigenvalue weighted by Crippen LogP contribution is -2.43. The van der Waals surface area contributed by atoms with Gasteiger partial charge in [-0.15, -0.1) is 0 Å². The summed E-state index contributed by atoms with van der Waals surface area (Å²) in [5.74, 6) is -2.53. The Morgan fingerprint density at radius 2 is 1.68 bits per heavy atom. The molecule has 1 heterocycles. The number of fused-ring (bicyclic) bond motifs is 1. The number of ketones is 1. The van der Waals surface area contributed by atoms with Crippen LogP contribution in [0.2, 0.25) is 0 Å². The van der Waals surface area contributed by atoms with Gasteiger partial charge in [0, 0.05) is 5.92 Å². The predicted molar refractivity (Wildman–Crippen MR) is 75.0 cm³/mol. The van der Waals surface area contributed by atoms with E-state index >= 15 is 0 Å². The van der Waals surface area contributed by atoms with Crippen molar-refractivity contribution in [3.8, 4) is 0 Å². The quantitative estimate of drug-likeness (QED) is 0.613. The summed E-state index contributed by atoms with van der Waals surface area (Å²) in [4.78, 5) is 49.5. The summed E-state index contributed by atoms with van der Waals surface area (Å²) in [7, 11) is 1.27. The molecule has 6 heteroatoms. The Morgan fingerprint density at radius 1 is 1.14 bits per heavy atom. The van der Waals surface area contributed by atoms with Gasteiger partial charge in [0.05, 0.1) is 30.2 Å². The van der Waals surface area contributed by atoms with Crippen molar-refractivity contribution in [2.45, 2.75) is 19.4 Å². The van der Waals surface area contributed by atoms with Crippen molar-refractivity contribution in [2.24, 2.45) is 11.8 Å². The van der Waals surface area contributed by atoms with E-state index in [0.717, 1.165) is 4.90 Å². The van der Waals surface area contributed by atoms with Crippen LogP contribution in [0.3, 0.4) is 0 Å². The first-order valence-electron chi connectivity index (χ1n) is 7.05. The van der Waals surface area contributed by atoms with Crippen molar-refractivity contribution in [1.29, 1.82) is 0 Å². The predicted octanol–water partition coefficient (Wildman–Crippen LogP) is 1.05. The maximum Gasteiger partial charge on any atom is 0.309 e. The van der Waals surface area contributed by atoms with E-state index < -0.39 is 35.7 Å². The highest BCUT2D eigenvalue weighted by molar-refractivity contribution is 6.23. The van der Waals surface area contributed by atoms with E-state index in [4.69, 9.17) is 0 Å². The number of hydrogen-bond donors (Lipinski definition) is 0. The molecule has 1 unspecified atom stereocenters. The fraction of sp³-hybridized carbons (Fsp3) is 0.375. The molecule has 0 bridgehead atoms. The number of carbonyl (C=O) groups is 4. The number of nitrogens with zero attached hydrogens (tertiary/aromatic N) is 1. The summed E-state index contributed by atoms with van der Waals surface area (Å²) in [5.41, 5.74) is 0.625. The maximum atomic E-state index is 12.4. The minimum Gasteiger partial charge on any atom is -0.469 e. The highest BCUT2D eigenvalue weighted by atomic mass is 16.5. The lowest BCUT2D eigenvalue weighted by molar-refractivity contribution is -0.143. The molecule has 1 aromatic rings. The second-order valence-electron chi connectivity index (χ2n) is 5.58. The molecule has 1 saturated carbocycles.